The number of hydrogen-bond acceptors (Lipinski definition) is 5. The predicted octanol–water partition coefficient (Wildman–Crippen LogP) is 0.772. The topological polar surface area (TPSA) is 114 Å². The van der Waals surface area contributed by atoms with Crippen molar-refractivity contribution in [2.45, 2.75) is 38.6 Å². The first-order chi connectivity index (χ1) is 12.6. The van der Waals surface area contributed by atoms with Crippen molar-refractivity contribution in [2.24, 2.45) is 10.7 Å². The van der Waals surface area contributed by atoms with Crippen LogP contribution in [0.2, 0.25) is 0 Å². The Bertz CT molecular complexity index is 879. The molecule has 0 aliphatic heterocycles. The largest absolute Gasteiger partial charge is 1.00 e. The summed E-state index contributed by atoms with van der Waals surface area (Å²) in [6.07, 6.45) is 5.46. The molecular formula is C19H21KN6O. The predicted molar refractivity (Wildman–Crippen MR) is 100 cm³/mol. The number of rotatable bonds is 7. The zero-order valence-electron chi connectivity index (χ0n) is 15.8. The maximum absolute atomic E-state index is 9.04. The molecule has 0 spiro atoms. The van der Waals surface area contributed by atoms with Gasteiger partial charge in [0.05, 0.1) is 17.3 Å². The second-order valence-electron chi connectivity index (χ2n) is 6.40. The van der Waals surface area contributed by atoms with E-state index in [2.05, 4.69) is 26.7 Å². The van der Waals surface area contributed by atoms with Gasteiger partial charge in [-0.1, -0.05) is 13.0 Å². The molecule has 1 heterocycles. The number of benzene rings is 1. The molecular weight excluding hydrogens is 367 g/mol. The summed E-state index contributed by atoms with van der Waals surface area (Å²) in [6, 6.07) is 9.11. The molecule has 3 N–H and O–H groups in total. The summed E-state index contributed by atoms with van der Waals surface area (Å²) in [5.74, 6) is 1.03. The fourth-order valence-corrected chi connectivity index (χ4v) is 2.50. The van der Waals surface area contributed by atoms with E-state index in [0.29, 0.717) is 28.6 Å². The molecule has 1 aliphatic carbocycles. The van der Waals surface area contributed by atoms with Gasteiger partial charge < -0.3 is 16.1 Å². The van der Waals surface area contributed by atoms with Crippen LogP contribution in [-0.4, -0.2) is 22.5 Å². The molecule has 1 saturated carbocycles. The van der Waals surface area contributed by atoms with Gasteiger partial charge in [-0.25, -0.2) is 0 Å². The van der Waals surface area contributed by atoms with Crippen LogP contribution in [0.15, 0.2) is 41.0 Å². The van der Waals surface area contributed by atoms with Crippen LogP contribution in [0.25, 0.3) is 5.48 Å². The molecule has 0 bridgehead atoms. The molecule has 8 heteroatoms. The first kappa shape index (κ1) is 21.8. The Morgan fingerprint density at radius 3 is 2.89 bits per heavy atom. The minimum Gasteiger partial charge on any atom is -0.572 e. The van der Waals surface area contributed by atoms with E-state index in [1.807, 2.05) is 32.0 Å². The maximum atomic E-state index is 9.04. The number of nitrogens with one attached hydrogen (secondary N) is 1. The summed E-state index contributed by atoms with van der Waals surface area (Å²) in [6.45, 7) is 3.78. The Hall–Kier alpha value is -1.47. The maximum Gasteiger partial charge on any atom is 1.00 e. The molecule has 1 unspecified atom stereocenters. The second-order valence-corrected chi connectivity index (χ2v) is 6.40. The SMILES string of the molecule is Cc1cc(C#N)cc(N=C/C(=C\N)C(C)[N-]Oc2cc(C3CC3)[nH]n2)c1.[K+]. The molecule has 1 aliphatic rings. The average molecular weight is 389 g/mol. The van der Waals surface area contributed by atoms with Gasteiger partial charge in [0.1, 0.15) is 0 Å². The molecule has 134 valence electrons. The van der Waals surface area contributed by atoms with E-state index in [0.717, 1.165) is 11.3 Å². The number of hydroxylamine groups is 1. The van der Waals surface area contributed by atoms with E-state index in [9.17, 15) is 0 Å². The molecule has 0 saturated heterocycles. The number of nitrogens with zero attached hydrogens (tertiary/aromatic N) is 4. The number of nitriles is 1. The first-order valence-corrected chi connectivity index (χ1v) is 8.49. The van der Waals surface area contributed by atoms with Crippen molar-refractivity contribution in [1.29, 1.82) is 5.26 Å². The van der Waals surface area contributed by atoms with E-state index < -0.39 is 0 Å². The van der Waals surface area contributed by atoms with Crippen molar-refractivity contribution in [3.05, 3.63) is 58.3 Å². The normalized spacial score (nSPS) is 15.2. The van der Waals surface area contributed by atoms with Crippen LogP contribution in [0, 0.1) is 18.3 Å². The van der Waals surface area contributed by atoms with Crippen LogP contribution >= 0.6 is 0 Å². The van der Waals surface area contributed by atoms with Gasteiger partial charge in [0, 0.05) is 23.9 Å². The Labute approximate surface area is 201 Å². The van der Waals surface area contributed by atoms with Crippen molar-refractivity contribution in [3.63, 3.8) is 0 Å². The third-order valence-electron chi connectivity index (χ3n) is 4.12. The van der Waals surface area contributed by atoms with Crippen LogP contribution in [0.5, 0.6) is 5.88 Å². The zero-order chi connectivity index (χ0) is 18.5. The standard InChI is InChI=1S/C19H21N6O.K/c1-12-5-14(9-20)7-17(6-12)22-11-16(10-21)13(2)25-26-19-8-18(23-24-19)15-3-4-15;/h5-8,10-11,13,15H,3-4,21H2,1-2H3,(H,23,24);/q-1;+1/b16-10+,22-11?;. The molecule has 3 rings (SSSR count). The summed E-state index contributed by atoms with van der Waals surface area (Å²) >= 11 is 0. The van der Waals surface area contributed by atoms with Crippen molar-refractivity contribution in [3.8, 4) is 11.9 Å². The molecule has 1 fully saturated rings. The molecule has 27 heavy (non-hydrogen) atoms. The van der Waals surface area contributed by atoms with Gasteiger partial charge in [0.25, 0.3) is 0 Å². The number of nitrogens with two attached hydrogens (primary N) is 1. The second kappa shape index (κ2) is 10.2. The van der Waals surface area contributed by atoms with Crippen LogP contribution in [0.4, 0.5) is 5.69 Å². The Morgan fingerprint density at radius 1 is 1.44 bits per heavy atom. The number of H-pyrrole nitrogens is 1. The minimum absolute atomic E-state index is 0. The van der Waals surface area contributed by atoms with Gasteiger partial charge in [-0.3, -0.25) is 10.1 Å². The monoisotopic (exact) mass is 388 g/mol. The zero-order valence-corrected chi connectivity index (χ0v) is 18.9. The average Bonchev–Trinajstić information content (AvgIpc) is 3.38. The van der Waals surface area contributed by atoms with Crippen molar-refractivity contribution < 1.29 is 56.2 Å². The van der Waals surface area contributed by atoms with Crippen LogP contribution in [-0.2, 0) is 0 Å². The van der Waals surface area contributed by atoms with Gasteiger partial charge in [0.2, 0.25) is 5.88 Å². The van der Waals surface area contributed by atoms with Crippen molar-refractivity contribution in [1.82, 2.24) is 10.2 Å². The summed E-state index contributed by atoms with van der Waals surface area (Å²) < 4.78 is 0. The summed E-state index contributed by atoms with van der Waals surface area (Å²) in [4.78, 5) is 9.80. The van der Waals surface area contributed by atoms with E-state index in [-0.39, 0.29) is 57.4 Å². The third kappa shape index (κ3) is 6.28. The number of hydrogen-bond donors (Lipinski definition) is 2. The summed E-state index contributed by atoms with van der Waals surface area (Å²) in [5.41, 5.74) is 13.9. The van der Waals surface area contributed by atoms with Gasteiger partial charge in [-0.2, -0.15) is 5.26 Å². The van der Waals surface area contributed by atoms with Crippen LogP contribution < -0.4 is 62.0 Å². The van der Waals surface area contributed by atoms with E-state index in [1.165, 1.54) is 19.0 Å². The van der Waals surface area contributed by atoms with Crippen molar-refractivity contribution >= 4 is 11.9 Å². The minimum atomic E-state index is -0.315. The van der Waals surface area contributed by atoms with Gasteiger partial charge in [0.15, 0.2) is 0 Å². The Morgan fingerprint density at radius 2 is 2.22 bits per heavy atom. The van der Waals surface area contributed by atoms with E-state index >= 15 is 0 Å². The number of aromatic nitrogens is 2. The molecule has 0 radical (unpaired) electrons. The fourth-order valence-electron chi connectivity index (χ4n) is 2.50. The molecule has 2 aromatic rings. The molecule has 1 aromatic carbocycles. The first-order valence-electron chi connectivity index (χ1n) is 8.49. The Balaban J connectivity index is 0.00000261. The molecule has 1 aromatic heterocycles. The van der Waals surface area contributed by atoms with E-state index in [4.69, 9.17) is 15.8 Å². The summed E-state index contributed by atoms with van der Waals surface area (Å²) in [5, 5.41) is 16.1. The quantitative estimate of drug-likeness (QED) is 0.414. The van der Waals surface area contributed by atoms with Gasteiger partial charge in [-0.15, -0.1) is 5.10 Å². The smallest absolute Gasteiger partial charge is 0.572 e. The third-order valence-corrected chi connectivity index (χ3v) is 4.12. The molecule has 7 nitrogen and oxygen atoms in total. The number of aromatic amines is 1. The Kier molecular flexibility index (Phi) is 8.22. The van der Waals surface area contributed by atoms with Crippen LogP contribution in [0.1, 0.15) is 42.5 Å². The number of aryl methyl sites for hydroxylation is 1. The van der Waals surface area contributed by atoms with E-state index in [1.54, 1.807) is 12.3 Å². The van der Waals surface area contributed by atoms with Crippen molar-refractivity contribution in [2.75, 3.05) is 0 Å². The molecule has 1 atom stereocenters. The fraction of sp³-hybridized carbons (Fsp3) is 0.316. The number of aliphatic imine (C=N–C) groups is 1. The van der Waals surface area contributed by atoms with Gasteiger partial charge in [-0.05, 0) is 55.3 Å². The van der Waals surface area contributed by atoms with Gasteiger partial charge >= 0.3 is 51.4 Å². The molecule has 0 amide bonds. The van der Waals surface area contributed by atoms with Crippen LogP contribution in [0.3, 0.4) is 0 Å². The summed E-state index contributed by atoms with van der Waals surface area (Å²) in [7, 11) is 0.